The molecular formula is C18H27F4N5O24P6S3. The van der Waals surface area contributed by atoms with E-state index < -0.39 is 132 Å². The highest BCUT2D eigenvalue weighted by molar-refractivity contribution is 7.72. The summed E-state index contributed by atoms with van der Waals surface area (Å²) in [6.45, 7) is -2.33. The minimum absolute atomic E-state index is 0.244. The minimum Gasteiger partial charge on any atom is -0.385 e. The fourth-order valence-electron chi connectivity index (χ4n) is 4.38. The summed E-state index contributed by atoms with van der Waals surface area (Å²) in [6, 6.07) is 0. The number of nitrogens with zero attached hydrogens (tertiary/aromatic N) is 3. The number of phosphoric ester groups is 2. The van der Waals surface area contributed by atoms with Crippen LogP contribution in [0.25, 0.3) is 0 Å². The molecule has 0 spiro atoms. The molecule has 0 bridgehead atoms. The number of halogens is 4. The molecule has 2 aromatic heterocycles. The Kier molecular flexibility index (Phi) is 17.8. The average Bonchev–Trinajstić information content (AvgIpc) is 3.48. The van der Waals surface area contributed by atoms with E-state index in [-0.39, 0.29) is 9.41 Å². The standard InChI is InChI=1S/C9H14F2N3O12P3S.C9H13F2N2O12P3S2/c10-3-1-14(9(30)13-7(3)12)8-6(15)5(11)4(24-8)2-23-28(19,20)26-29(21,22)25-27(16,17)18;10-3-1-13(9(30)12-7(3)29)8-6(14)5(11)4(23-8)2-22-27(18,19)25-28(20,21)24-26(15,16)17/h1,4-6,8,15H,2H2,(H,19,20)(H,21,22)(H2,12,13,30)(H2,16,17,18);1,4-6,8,14H,2H2,(H,18,19)(H,20,21)(H,12,29,30)(H2,15,16,17)/t2*4-,5+,6?,8-/m11/s1. The predicted molar refractivity (Wildman–Crippen MR) is 187 cm³/mol. The largest absolute Gasteiger partial charge is 0.490 e. The van der Waals surface area contributed by atoms with E-state index in [1.807, 2.05) is 0 Å². The van der Waals surface area contributed by atoms with Crippen molar-refractivity contribution in [3.63, 3.8) is 0 Å². The molecule has 2 aromatic rings. The molecule has 2 saturated heterocycles. The van der Waals surface area contributed by atoms with Crippen molar-refractivity contribution >= 4 is 89.4 Å². The first-order valence-electron chi connectivity index (χ1n) is 14.6. The van der Waals surface area contributed by atoms with Crippen molar-refractivity contribution in [2.75, 3.05) is 18.9 Å². The number of nitrogens with one attached hydrogen (secondary N) is 1. The van der Waals surface area contributed by atoms with E-state index >= 15 is 0 Å². The summed E-state index contributed by atoms with van der Waals surface area (Å²) >= 11 is 14.3. The fraction of sp³-hybridized carbons (Fsp3) is 0.556. The lowest BCUT2D eigenvalue weighted by molar-refractivity contribution is -0.0525. The SMILES string of the molecule is Nc1nc(=S)n([C@@H]2O[C@H](COP(=O)(O)OP(=O)(O)OP(=O)(O)O)[C@H](F)C2O)cc1F.O=P(O)(O)OP(=O)(O)OP(=O)(O)OC[C@H]1O[C@@H](n2cc(F)c(=S)[nH]c2=S)C(O)[C@H]1F. The second-order valence-electron chi connectivity index (χ2n) is 11.1. The monoisotopic (exact) mass is 1050 g/mol. The summed E-state index contributed by atoms with van der Waals surface area (Å²) in [5.41, 5.74) is 5.22. The lowest BCUT2D eigenvalue weighted by Crippen LogP contribution is -2.30. The molecule has 4 heterocycles. The van der Waals surface area contributed by atoms with Crippen LogP contribution in [0.3, 0.4) is 0 Å². The van der Waals surface area contributed by atoms with Crippen LogP contribution >= 0.6 is 83.6 Å². The minimum atomic E-state index is -5.77. The van der Waals surface area contributed by atoms with Gasteiger partial charge in [0.15, 0.2) is 47.0 Å². The number of phosphoric acid groups is 6. The molecule has 0 aromatic carbocycles. The summed E-state index contributed by atoms with van der Waals surface area (Å²) in [5, 5.41) is 19.9. The van der Waals surface area contributed by atoms with Crippen LogP contribution < -0.4 is 5.73 Å². The lowest BCUT2D eigenvalue weighted by Gasteiger charge is -2.19. The number of aliphatic hydroxyl groups is 2. The van der Waals surface area contributed by atoms with E-state index in [1.165, 1.54) is 0 Å². The Hall–Kier alpha value is -1.00. The Labute approximate surface area is 344 Å². The number of anilines is 1. The van der Waals surface area contributed by atoms with Gasteiger partial charge in [-0.1, -0.05) is 12.2 Å². The number of ether oxygens (including phenoxy) is 2. The van der Waals surface area contributed by atoms with E-state index in [0.717, 1.165) is 15.3 Å². The van der Waals surface area contributed by atoms with Gasteiger partial charge >= 0.3 is 46.9 Å². The molecule has 344 valence electrons. The molecule has 12 atom stereocenters. The number of rotatable bonds is 16. The third-order valence-electron chi connectivity index (χ3n) is 6.62. The molecule has 4 rings (SSSR count). The van der Waals surface area contributed by atoms with Crippen LogP contribution in [0.5, 0.6) is 0 Å². The summed E-state index contributed by atoms with van der Waals surface area (Å²) in [4.78, 5) is 76.3. The molecule has 29 nitrogen and oxygen atoms in total. The second kappa shape index (κ2) is 20.0. The number of nitrogens with two attached hydrogens (primary N) is 1. The molecule has 42 heteroatoms. The molecule has 2 fully saturated rings. The van der Waals surface area contributed by atoms with Crippen LogP contribution in [0.2, 0.25) is 0 Å². The molecule has 2 aliphatic rings. The number of alkyl halides is 2. The summed E-state index contributed by atoms with van der Waals surface area (Å²) in [5.74, 6) is -2.60. The highest BCUT2D eigenvalue weighted by atomic mass is 32.1. The zero-order valence-corrected chi connectivity index (χ0v) is 36.0. The van der Waals surface area contributed by atoms with Crippen molar-refractivity contribution in [1.82, 2.24) is 19.1 Å². The number of aromatic nitrogens is 4. The van der Waals surface area contributed by atoms with Gasteiger partial charge < -0.3 is 69.6 Å². The maximum atomic E-state index is 14.3. The van der Waals surface area contributed by atoms with Gasteiger partial charge in [-0.15, -0.1) is 0 Å². The first-order valence-corrected chi connectivity index (χ1v) is 24.9. The highest BCUT2D eigenvalue weighted by Crippen LogP contribution is 2.67. The Morgan fingerprint density at radius 3 is 1.47 bits per heavy atom. The Morgan fingerprint density at radius 1 is 0.683 bits per heavy atom. The summed E-state index contributed by atoms with van der Waals surface area (Å²) < 4.78 is 156. The van der Waals surface area contributed by atoms with Crippen molar-refractivity contribution in [3.05, 3.63) is 38.2 Å². The van der Waals surface area contributed by atoms with Crippen molar-refractivity contribution in [2.24, 2.45) is 0 Å². The lowest BCUT2D eigenvalue weighted by atomic mass is 10.1. The van der Waals surface area contributed by atoms with Crippen LogP contribution in [0.4, 0.5) is 23.4 Å². The highest BCUT2D eigenvalue weighted by Gasteiger charge is 2.49. The van der Waals surface area contributed by atoms with Crippen molar-refractivity contribution in [3.8, 4) is 0 Å². The fourth-order valence-corrected chi connectivity index (χ4v) is 11.2. The predicted octanol–water partition coefficient (Wildman–Crippen LogP) is 1.63. The van der Waals surface area contributed by atoms with Crippen LogP contribution in [0.15, 0.2) is 12.4 Å². The number of nitrogen functional groups attached to an aromatic ring is 1. The van der Waals surface area contributed by atoms with Gasteiger partial charge in [0.25, 0.3) is 0 Å². The molecule has 13 N–H and O–H groups in total. The maximum Gasteiger partial charge on any atom is 0.490 e. The van der Waals surface area contributed by atoms with E-state index in [4.69, 9.17) is 69.0 Å². The van der Waals surface area contributed by atoms with Gasteiger partial charge in [-0.3, -0.25) is 18.2 Å². The molecule has 2 aliphatic heterocycles. The smallest absolute Gasteiger partial charge is 0.385 e. The van der Waals surface area contributed by atoms with E-state index in [9.17, 15) is 65.0 Å². The van der Waals surface area contributed by atoms with Crippen LogP contribution in [0, 0.1) is 25.8 Å². The Morgan fingerprint density at radius 2 is 1.07 bits per heavy atom. The van der Waals surface area contributed by atoms with Gasteiger partial charge in [0.2, 0.25) is 4.77 Å². The average molecular weight is 1060 g/mol. The second-order valence-corrected chi connectivity index (χ2v) is 21.1. The number of H-pyrrole nitrogens is 1. The van der Waals surface area contributed by atoms with E-state index in [1.54, 1.807) is 0 Å². The van der Waals surface area contributed by atoms with Crippen LogP contribution in [-0.2, 0) is 63.2 Å². The molecule has 6 unspecified atom stereocenters. The molecule has 0 amide bonds. The molecule has 0 radical (unpaired) electrons. The maximum absolute atomic E-state index is 14.3. The molecule has 0 aliphatic carbocycles. The van der Waals surface area contributed by atoms with E-state index in [2.05, 4.69) is 48.5 Å². The van der Waals surface area contributed by atoms with Crippen molar-refractivity contribution in [2.45, 2.75) is 49.2 Å². The third kappa shape index (κ3) is 15.6. The van der Waals surface area contributed by atoms with Crippen LogP contribution in [-0.4, -0.2) is 118 Å². The van der Waals surface area contributed by atoms with Gasteiger partial charge in [0.1, 0.15) is 29.1 Å². The third-order valence-corrected chi connectivity index (χ3v) is 15.1. The quantitative estimate of drug-likeness (QED) is 0.0645. The van der Waals surface area contributed by atoms with Gasteiger partial charge in [-0.05, 0) is 24.4 Å². The van der Waals surface area contributed by atoms with Gasteiger partial charge in [-0.25, -0.2) is 45.0 Å². The first-order chi connectivity index (χ1) is 27.0. The number of hydrogen-bond acceptors (Lipinski definition) is 21. The molecule has 60 heavy (non-hydrogen) atoms. The first kappa shape index (κ1) is 53.3. The van der Waals surface area contributed by atoms with Crippen LogP contribution in [0.1, 0.15) is 12.5 Å². The number of hydrogen-bond donors (Lipinski definition) is 12. The number of aromatic amines is 1. The van der Waals surface area contributed by atoms with Crippen molar-refractivity contribution < 1.29 is 130 Å². The van der Waals surface area contributed by atoms with Crippen molar-refractivity contribution in [1.29, 1.82) is 0 Å². The van der Waals surface area contributed by atoms with Gasteiger partial charge in [0.05, 0.1) is 13.2 Å². The topological polar surface area (TPSA) is 443 Å². The van der Waals surface area contributed by atoms with Gasteiger partial charge in [-0.2, -0.15) is 22.2 Å². The Balaban J connectivity index is 0.000000320. The summed E-state index contributed by atoms with van der Waals surface area (Å²) in [6.07, 6.45) is -13.9. The van der Waals surface area contributed by atoms with Gasteiger partial charge in [0, 0.05) is 12.4 Å². The molecule has 0 saturated carbocycles. The zero-order valence-electron chi connectivity index (χ0n) is 28.2. The normalized spacial score (nSPS) is 28.8. The Bertz CT molecular complexity index is 2390. The summed E-state index contributed by atoms with van der Waals surface area (Å²) in [7, 11) is -33.8. The molecular weight excluding hydrogens is 1030 g/mol. The number of aliphatic hydroxyl groups excluding tert-OH is 2. The van der Waals surface area contributed by atoms with E-state index in [0.29, 0.717) is 6.20 Å². The zero-order chi connectivity index (χ0) is 46.1.